The number of hydrogen-bond acceptors (Lipinski definition) is 2. The predicted octanol–water partition coefficient (Wildman–Crippen LogP) is 3.91. The van der Waals surface area contributed by atoms with E-state index in [2.05, 4.69) is 61.1 Å². The van der Waals surface area contributed by atoms with E-state index in [0.717, 1.165) is 11.0 Å². The number of halogens is 1. The lowest BCUT2D eigenvalue weighted by molar-refractivity contribution is 0.00615. The molecule has 0 saturated carbocycles. The van der Waals surface area contributed by atoms with E-state index in [1.54, 1.807) is 0 Å². The third-order valence-corrected chi connectivity index (χ3v) is 2.86. The van der Waals surface area contributed by atoms with Gasteiger partial charge in [-0.15, -0.1) is 0 Å². The molecule has 0 bridgehead atoms. The normalized spacial score (nSPS) is 13.4. The molecule has 0 heterocycles. The molecule has 0 aliphatic heterocycles. The highest BCUT2D eigenvalue weighted by atomic mass is 79.9. The summed E-state index contributed by atoms with van der Waals surface area (Å²) in [7, 11) is 0. The van der Waals surface area contributed by atoms with Gasteiger partial charge in [0, 0.05) is 17.1 Å². The monoisotopic (exact) mass is 299 g/mol. The Bertz CT molecular complexity index is 339. The van der Waals surface area contributed by atoms with Crippen molar-refractivity contribution in [3.63, 3.8) is 0 Å². The van der Waals surface area contributed by atoms with E-state index in [1.807, 2.05) is 12.1 Å². The molecule has 1 aromatic rings. The molecule has 0 radical (unpaired) electrons. The number of rotatable bonds is 6. The van der Waals surface area contributed by atoms with Crippen molar-refractivity contribution in [2.24, 2.45) is 0 Å². The Labute approximate surface area is 113 Å². The summed E-state index contributed by atoms with van der Waals surface area (Å²) in [5, 5.41) is 3.43. The molecule has 17 heavy (non-hydrogen) atoms. The van der Waals surface area contributed by atoms with E-state index in [4.69, 9.17) is 4.74 Å². The lowest BCUT2D eigenvalue weighted by atomic mass is 10.1. The molecule has 0 amide bonds. The van der Waals surface area contributed by atoms with Gasteiger partial charge in [0.1, 0.15) is 0 Å². The summed E-state index contributed by atoms with van der Waals surface area (Å²) in [6.45, 7) is 9.27. The Morgan fingerprint density at radius 1 is 1.24 bits per heavy atom. The summed E-state index contributed by atoms with van der Waals surface area (Å²) in [5.41, 5.74) is 1.21. The highest BCUT2D eigenvalue weighted by Crippen LogP contribution is 2.22. The van der Waals surface area contributed by atoms with Crippen LogP contribution in [-0.4, -0.2) is 18.7 Å². The lowest BCUT2D eigenvalue weighted by Gasteiger charge is -2.22. The van der Waals surface area contributed by atoms with Crippen molar-refractivity contribution in [2.45, 2.75) is 45.9 Å². The van der Waals surface area contributed by atoms with Crippen molar-refractivity contribution < 1.29 is 4.74 Å². The fourth-order valence-corrected chi connectivity index (χ4v) is 2.04. The molecule has 1 rings (SSSR count). The standard InChI is InChI=1S/C14H22BrNO/c1-10(2)16-9-14(17-11(3)4)12-6-5-7-13(15)8-12/h5-8,10-11,14,16H,9H2,1-4H3. The van der Waals surface area contributed by atoms with Crippen LogP contribution in [0.3, 0.4) is 0 Å². The summed E-state index contributed by atoms with van der Waals surface area (Å²) in [6, 6.07) is 8.78. The van der Waals surface area contributed by atoms with Crippen molar-refractivity contribution in [3.8, 4) is 0 Å². The topological polar surface area (TPSA) is 21.3 Å². The largest absolute Gasteiger partial charge is 0.370 e. The van der Waals surface area contributed by atoms with Gasteiger partial charge in [-0.2, -0.15) is 0 Å². The van der Waals surface area contributed by atoms with Gasteiger partial charge in [0.05, 0.1) is 12.2 Å². The van der Waals surface area contributed by atoms with Crippen molar-refractivity contribution in [1.29, 1.82) is 0 Å². The van der Waals surface area contributed by atoms with Crippen molar-refractivity contribution in [1.82, 2.24) is 5.32 Å². The summed E-state index contributed by atoms with van der Waals surface area (Å²) in [6.07, 6.45) is 0.336. The van der Waals surface area contributed by atoms with Crippen LogP contribution < -0.4 is 5.32 Å². The molecule has 0 spiro atoms. The first-order valence-electron chi connectivity index (χ1n) is 6.13. The van der Waals surface area contributed by atoms with Crippen LogP contribution >= 0.6 is 15.9 Å². The summed E-state index contributed by atoms with van der Waals surface area (Å²) < 4.78 is 7.05. The average molecular weight is 300 g/mol. The molecule has 3 heteroatoms. The molecule has 0 saturated heterocycles. The molecule has 1 unspecified atom stereocenters. The molecule has 96 valence electrons. The Kier molecular flexibility index (Phi) is 6.17. The van der Waals surface area contributed by atoms with E-state index in [9.17, 15) is 0 Å². The molecule has 0 aliphatic carbocycles. The van der Waals surface area contributed by atoms with Crippen LogP contribution in [0.1, 0.15) is 39.4 Å². The van der Waals surface area contributed by atoms with Crippen molar-refractivity contribution >= 4 is 15.9 Å². The third-order valence-electron chi connectivity index (χ3n) is 2.37. The highest BCUT2D eigenvalue weighted by Gasteiger charge is 2.14. The second kappa shape index (κ2) is 7.14. The molecular formula is C14H22BrNO. The van der Waals surface area contributed by atoms with Gasteiger partial charge in [-0.25, -0.2) is 0 Å². The minimum absolute atomic E-state index is 0.106. The molecule has 1 aromatic carbocycles. The molecule has 0 fully saturated rings. The average Bonchev–Trinajstić information content (AvgIpc) is 2.23. The van der Waals surface area contributed by atoms with E-state index < -0.39 is 0 Å². The number of ether oxygens (including phenoxy) is 1. The summed E-state index contributed by atoms with van der Waals surface area (Å²) >= 11 is 3.50. The van der Waals surface area contributed by atoms with Crippen LogP contribution in [0.5, 0.6) is 0 Å². The lowest BCUT2D eigenvalue weighted by Crippen LogP contribution is -2.30. The van der Waals surface area contributed by atoms with E-state index in [0.29, 0.717) is 6.04 Å². The Morgan fingerprint density at radius 3 is 2.47 bits per heavy atom. The zero-order valence-corrected chi connectivity index (χ0v) is 12.6. The number of benzene rings is 1. The predicted molar refractivity (Wildman–Crippen MR) is 76.2 cm³/mol. The second-order valence-corrected chi connectivity index (χ2v) is 5.71. The molecule has 0 aromatic heterocycles. The first-order valence-corrected chi connectivity index (χ1v) is 6.92. The minimum atomic E-state index is 0.106. The molecule has 1 atom stereocenters. The van der Waals surface area contributed by atoms with Crippen LogP contribution in [0.15, 0.2) is 28.7 Å². The van der Waals surface area contributed by atoms with Gasteiger partial charge in [0.25, 0.3) is 0 Å². The summed E-state index contributed by atoms with van der Waals surface area (Å²) in [5.74, 6) is 0. The summed E-state index contributed by atoms with van der Waals surface area (Å²) in [4.78, 5) is 0. The smallest absolute Gasteiger partial charge is 0.0953 e. The number of hydrogen-bond donors (Lipinski definition) is 1. The maximum atomic E-state index is 5.96. The molecule has 0 aliphatic rings. The maximum Gasteiger partial charge on any atom is 0.0953 e. The maximum absolute atomic E-state index is 5.96. The van der Waals surface area contributed by atoms with E-state index >= 15 is 0 Å². The molecule has 1 N–H and O–H groups in total. The first-order chi connectivity index (χ1) is 7.99. The van der Waals surface area contributed by atoms with E-state index in [1.165, 1.54) is 5.56 Å². The van der Waals surface area contributed by atoms with E-state index in [-0.39, 0.29) is 12.2 Å². The number of nitrogens with one attached hydrogen (secondary N) is 1. The van der Waals surface area contributed by atoms with Crippen molar-refractivity contribution in [3.05, 3.63) is 34.3 Å². The van der Waals surface area contributed by atoms with Gasteiger partial charge in [-0.05, 0) is 31.5 Å². The van der Waals surface area contributed by atoms with Crippen LogP contribution in [0, 0.1) is 0 Å². The minimum Gasteiger partial charge on any atom is -0.370 e. The van der Waals surface area contributed by atoms with Gasteiger partial charge in [-0.3, -0.25) is 0 Å². The van der Waals surface area contributed by atoms with Crippen LogP contribution in [0.25, 0.3) is 0 Å². The zero-order chi connectivity index (χ0) is 12.8. The fraction of sp³-hybridized carbons (Fsp3) is 0.571. The van der Waals surface area contributed by atoms with Crippen molar-refractivity contribution in [2.75, 3.05) is 6.54 Å². The van der Waals surface area contributed by atoms with Crippen LogP contribution in [0.2, 0.25) is 0 Å². The fourth-order valence-electron chi connectivity index (χ4n) is 1.62. The Morgan fingerprint density at radius 2 is 1.94 bits per heavy atom. The van der Waals surface area contributed by atoms with Gasteiger partial charge in [-0.1, -0.05) is 41.9 Å². The van der Waals surface area contributed by atoms with Crippen LogP contribution in [-0.2, 0) is 4.74 Å². The third kappa shape index (κ3) is 5.66. The van der Waals surface area contributed by atoms with Gasteiger partial charge >= 0.3 is 0 Å². The Hall–Kier alpha value is -0.380. The molecule has 2 nitrogen and oxygen atoms in total. The van der Waals surface area contributed by atoms with Gasteiger partial charge in [0.2, 0.25) is 0 Å². The second-order valence-electron chi connectivity index (χ2n) is 4.79. The van der Waals surface area contributed by atoms with Crippen LogP contribution in [0.4, 0.5) is 0 Å². The quantitative estimate of drug-likeness (QED) is 0.860. The molecular weight excluding hydrogens is 278 g/mol. The van der Waals surface area contributed by atoms with Gasteiger partial charge < -0.3 is 10.1 Å². The highest BCUT2D eigenvalue weighted by molar-refractivity contribution is 9.10. The zero-order valence-electron chi connectivity index (χ0n) is 11.0. The first kappa shape index (κ1) is 14.7. The SMILES string of the molecule is CC(C)NCC(OC(C)C)c1cccc(Br)c1. The Balaban J connectivity index is 2.74. The van der Waals surface area contributed by atoms with Gasteiger partial charge in [0.15, 0.2) is 0 Å².